The van der Waals surface area contributed by atoms with Crippen LogP contribution in [0.25, 0.3) is 0 Å². The number of carboxylic acid groups (broad SMARTS) is 1. The fourth-order valence-electron chi connectivity index (χ4n) is 2.64. The van der Waals surface area contributed by atoms with Crippen molar-refractivity contribution < 1.29 is 23.9 Å². The maximum absolute atomic E-state index is 12.1. The molecule has 114 valence electrons. The summed E-state index contributed by atoms with van der Waals surface area (Å²) in [7, 11) is 0. The molecule has 1 aromatic rings. The Balaban J connectivity index is 1.93. The van der Waals surface area contributed by atoms with Gasteiger partial charge in [-0.15, -0.1) is 0 Å². The molecule has 0 spiro atoms. The molecule has 1 saturated carbocycles. The second-order valence-corrected chi connectivity index (χ2v) is 5.17. The molecule has 2 atom stereocenters. The van der Waals surface area contributed by atoms with Crippen LogP contribution in [-0.4, -0.2) is 22.9 Å². The number of nitrogens with one attached hydrogen (secondary N) is 2. The summed E-state index contributed by atoms with van der Waals surface area (Å²) in [5.74, 6) is -2.77. The highest BCUT2D eigenvalue weighted by atomic mass is 16.4. The molecule has 1 aliphatic rings. The molecule has 3 N–H and O–H groups in total. The van der Waals surface area contributed by atoms with Crippen LogP contribution in [0.3, 0.4) is 0 Å². The molecule has 7 nitrogen and oxygen atoms in total. The number of rotatable bonds is 3. The number of hydrogen-bond donors (Lipinski definition) is 3. The van der Waals surface area contributed by atoms with Crippen molar-refractivity contribution in [3.8, 4) is 0 Å². The highest BCUT2D eigenvalue weighted by molar-refractivity contribution is 5.96. The van der Waals surface area contributed by atoms with E-state index in [-0.39, 0.29) is 0 Å². The summed E-state index contributed by atoms with van der Waals surface area (Å²) in [6.07, 6.45) is 4.01. The van der Waals surface area contributed by atoms with Gasteiger partial charge in [0.15, 0.2) is 0 Å². The average molecular weight is 294 g/mol. The number of carbonyl (C=O) groups excluding carboxylic acids is 2. The number of carbonyl (C=O) groups is 3. The maximum atomic E-state index is 12.1. The minimum absolute atomic E-state index is 0.328. The monoisotopic (exact) mass is 294 g/mol. The van der Waals surface area contributed by atoms with E-state index in [1.165, 1.54) is 12.3 Å². The molecule has 1 aromatic heterocycles. The standard InChI is InChI=1S/C14H18N2O5/c1-8-9(6-7-21-8)12(17)15-16-13(18)10-4-2-3-5-11(10)14(19)20/h6-7,10-11H,2-5H2,1H3,(H,15,17)(H,16,18)(H,19,20)/t10-,11+/m1/s1. The Labute approximate surface area is 121 Å². The smallest absolute Gasteiger partial charge is 0.307 e. The molecular weight excluding hydrogens is 276 g/mol. The van der Waals surface area contributed by atoms with Gasteiger partial charge in [-0.25, -0.2) is 0 Å². The normalized spacial score (nSPS) is 21.6. The summed E-state index contributed by atoms with van der Waals surface area (Å²) in [6.45, 7) is 1.64. The van der Waals surface area contributed by atoms with E-state index in [9.17, 15) is 14.4 Å². The number of furan rings is 1. The van der Waals surface area contributed by atoms with Crippen molar-refractivity contribution >= 4 is 17.8 Å². The summed E-state index contributed by atoms with van der Waals surface area (Å²) in [4.78, 5) is 35.0. The van der Waals surface area contributed by atoms with Gasteiger partial charge in [0.25, 0.3) is 5.91 Å². The summed E-state index contributed by atoms with van der Waals surface area (Å²) in [5, 5.41) is 9.14. The Morgan fingerprint density at radius 2 is 1.86 bits per heavy atom. The van der Waals surface area contributed by atoms with Crippen molar-refractivity contribution in [1.29, 1.82) is 0 Å². The number of hydrazine groups is 1. The Morgan fingerprint density at radius 1 is 1.19 bits per heavy atom. The number of aliphatic carboxylic acids is 1. The van der Waals surface area contributed by atoms with Crippen molar-refractivity contribution in [1.82, 2.24) is 10.9 Å². The predicted octanol–water partition coefficient (Wildman–Crippen LogP) is 1.24. The van der Waals surface area contributed by atoms with Crippen molar-refractivity contribution in [2.45, 2.75) is 32.6 Å². The molecule has 7 heteroatoms. The fourth-order valence-corrected chi connectivity index (χ4v) is 2.64. The Bertz CT molecular complexity index is 551. The van der Waals surface area contributed by atoms with E-state index in [0.717, 1.165) is 12.8 Å². The van der Waals surface area contributed by atoms with Crippen LogP contribution in [0.15, 0.2) is 16.7 Å². The molecule has 0 saturated heterocycles. The van der Waals surface area contributed by atoms with E-state index in [1.54, 1.807) is 6.92 Å². The second-order valence-electron chi connectivity index (χ2n) is 5.17. The first kappa shape index (κ1) is 15.1. The van der Waals surface area contributed by atoms with Crippen molar-refractivity contribution in [2.24, 2.45) is 11.8 Å². The summed E-state index contributed by atoms with van der Waals surface area (Å²) < 4.78 is 5.01. The van der Waals surface area contributed by atoms with Crippen LogP contribution in [0, 0.1) is 18.8 Å². The van der Waals surface area contributed by atoms with E-state index in [4.69, 9.17) is 9.52 Å². The molecule has 1 aliphatic carbocycles. The largest absolute Gasteiger partial charge is 0.481 e. The maximum Gasteiger partial charge on any atom is 0.307 e. The van der Waals surface area contributed by atoms with Gasteiger partial charge in [0.05, 0.1) is 23.7 Å². The van der Waals surface area contributed by atoms with Gasteiger partial charge in [0.2, 0.25) is 5.91 Å². The first-order chi connectivity index (χ1) is 10.0. The van der Waals surface area contributed by atoms with Gasteiger partial charge >= 0.3 is 5.97 Å². The van der Waals surface area contributed by atoms with E-state index in [0.29, 0.717) is 24.2 Å². The van der Waals surface area contributed by atoms with Gasteiger partial charge < -0.3 is 9.52 Å². The highest BCUT2D eigenvalue weighted by Crippen LogP contribution is 2.30. The van der Waals surface area contributed by atoms with Gasteiger partial charge in [-0.1, -0.05) is 12.8 Å². The van der Waals surface area contributed by atoms with Gasteiger partial charge in [-0.3, -0.25) is 25.2 Å². The lowest BCUT2D eigenvalue weighted by atomic mass is 9.79. The van der Waals surface area contributed by atoms with Crippen molar-refractivity contribution in [3.63, 3.8) is 0 Å². The summed E-state index contributed by atoms with van der Waals surface area (Å²) in [5.41, 5.74) is 4.93. The lowest BCUT2D eigenvalue weighted by molar-refractivity contribution is -0.149. The van der Waals surface area contributed by atoms with Crippen LogP contribution in [0.5, 0.6) is 0 Å². The average Bonchev–Trinajstić information content (AvgIpc) is 2.90. The zero-order valence-electron chi connectivity index (χ0n) is 11.7. The van der Waals surface area contributed by atoms with Gasteiger partial charge in [-0.05, 0) is 25.8 Å². The fraction of sp³-hybridized carbons (Fsp3) is 0.500. The highest BCUT2D eigenvalue weighted by Gasteiger charge is 2.35. The number of carboxylic acids is 1. The topological polar surface area (TPSA) is 109 Å². The minimum atomic E-state index is -0.966. The first-order valence-electron chi connectivity index (χ1n) is 6.87. The SMILES string of the molecule is Cc1occc1C(=O)NNC(=O)[C@@H]1CCCC[C@@H]1C(=O)O. The number of hydrogen-bond acceptors (Lipinski definition) is 4. The molecule has 0 aliphatic heterocycles. The third-order valence-corrected chi connectivity index (χ3v) is 3.82. The first-order valence-corrected chi connectivity index (χ1v) is 6.87. The van der Waals surface area contributed by atoms with Gasteiger partial charge in [0.1, 0.15) is 5.76 Å². The van der Waals surface area contributed by atoms with Crippen LogP contribution in [0.1, 0.15) is 41.8 Å². The van der Waals surface area contributed by atoms with Gasteiger partial charge in [0, 0.05) is 0 Å². The number of aryl methyl sites for hydroxylation is 1. The van der Waals surface area contributed by atoms with Crippen LogP contribution in [0.2, 0.25) is 0 Å². The third kappa shape index (κ3) is 3.42. The zero-order chi connectivity index (χ0) is 15.4. The molecule has 0 radical (unpaired) electrons. The van der Waals surface area contributed by atoms with Crippen LogP contribution >= 0.6 is 0 Å². The molecule has 1 fully saturated rings. The van der Waals surface area contributed by atoms with Crippen LogP contribution < -0.4 is 10.9 Å². The molecule has 1 heterocycles. The second kappa shape index (κ2) is 6.43. The molecule has 2 amide bonds. The van der Waals surface area contributed by atoms with Crippen molar-refractivity contribution in [3.05, 3.63) is 23.7 Å². The van der Waals surface area contributed by atoms with E-state index in [1.807, 2.05) is 0 Å². The summed E-state index contributed by atoms with van der Waals surface area (Å²) in [6, 6.07) is 1.50. The van der Waals surface area contributed by atoms with E-state index < -0.39 is 29.6 Å². The Hall–Kier alpha value is -2.31. The zero-order valence-corrected chi connectivity index (χ0v) is 11.7. The lowest BCUT2D eigenvalue weighted by Gasteiger charge is -2.27. The molecule has 2 rings (SSSR count). The minimum Gasteiger partial charge on any atom is -0.481 e. The van der Waals surface area contributed by atoms with E-state index >= 15 is 0 Å². The summed E-state index contributed by atoms with van der Waals surface area (Å²) >= 11 is 0. The quantitative estimate of drug-likeness (QED) is 0.727. The Morgan fingerprint density at radius 3 is 2.43 bits per heavy atom. The molecule has 21 heavy (non-hydrogen) atoms. The third-order valence-electron chi connectivity index (χ3n) is 3.82. The molecule has 0 bridgehead atoms. The molecule has 0 aromatic carbocycles. The van der Waals surface area contributed by atoms with E-state index in [2.05, 4.69) is 10.9 Å². The van der Waals surface area contributed by atoms with Gasteiger partial charge in [-0.2, -0.15) is 0 Å². The Kier molecular flexibility index (Phi) is 4.62. The predicted molar refractivity (Wildman–Crippen MR) is 72.1 cm³/mol. The molecular formula is C14H18N2O5. The van der Waals surface area contributed by atoms with Crippen molar-refractivity contribution in [2.75, 3.05) is 0 Å². The molecule has 0 unspecified atom stereocenters. The van der Waals surface area contributed by atoms with Crippen LogP contribution in [-0.2, 0) is 9.59 Å². The lowest BCUT2D eigenvalue weighted by Crippen LogP contribution is -2.47. The van der Waals surface area contributed by atoms with Crippen LogP contribution in [0.4, 0.5) is 0 Å². The number of amides is 2.